The zero-order valence-corrected chi connectivity index (χ0v) is 17.2. The summed E-state index contributed by atoms with van der Waals surface area (Å²) in [6.07, 6.45) is 4.23. The minimum Gasteiger partial charge on any atom is -0.327 e. The molecule has 2 aliphatic rings. The van der Waals surface area contributed by atoms with Crippen molar-refractivity contribution in [3.8, 4) is 0 Å². The van der Waals surface area contributed by atoms with Gasteiger partial charge in [-0.2, -0.15) is 4.31 Å². The molecular weight excluding hydrogens is 362 g/mol. The fraction of sp³-hybridized carbons (Fsp3) is 0.650. The second-order valence-corrected chi connectivity index (χ2v) is 10.2. The molecule has 0 aliphatic carbocycles. The molecule has 3 rings (SSSR count). The summed E-state index contributed by atoms with van der Waals surface area (Å²) in [6.45, 7) is 8.11. The van der Waals surface area contributed by atoms with Crippen LogP contribution in [0.2, 0.25) is 0 Å². The predicted octanol–water partition coefficient (Wildman–Crippen LogP) is 1.36. The molecule has 7 heteroatoms. The lowest BCUT2D eigenvalue weighted by Crippen LogP contribution is -3.14. The molecule has 2 aliphatic heterocycles. The highest BCUT2D eigenvalue weighted by atomic mass is 32.2. The number of nitrogens with zero attached hydrogens (tertiary/aromatic N) is 1. The van der Waals surface area contributed by atoms with Crippen LogP contribution in [0.15, 0.2) is 29.2 Å². The Kier molecular flexibility index (Phi) is 6.55. The van der Waals surface area contributed by atoms with Gasteiger partial charge in [-0.25, -0.2) is 8.42 Å². The second-order valence-electron chi connectivity index (χ2n) is 8.29. The first-order chi connectivity index (χ1) is 12.8. The number of anilines is 1. The molecule has 0 aromatic heterocycles. The van der Waals surface area contributed by atoms with Gasteiger partial charge in [-0.3, -0.25) is 4.79 Å². The van der Waals surface area contributed by atoms with Gasteiger partial charge in [-0.15, -0.1) is 0 Å². The number of hydrogen-bond acceptors (Lipinski definition) is 3. The van der Waals surface area contributed by atoms with Crippen LogP contribution in [0.25, 0.3) is 0 Å². The third kappa shape index (κ3) is 5.30. The fourth-order valence-electron chi connectivity index (χ4n) is 4.07. The Morgan fingerprint density at radius 3 is 2.41 bits per heavy atom. The van der Waals surface area contributed by atoms with Crippen LogP contribution in [-0.2, 0) is 14.8 Å². The van der Waals surface area contributed by atoms with E-state index in [0.29, 0.717) is 42.1 Å². The molecule has 6 nitrogen and oxygen atoms in total. The van der Waals surface area contributed by atoms with Crippen molar-refractivity contribution in [3.63, 3.8) is 0 Å². The van der Waals surface area contributed by atoms with Crippen molar-refractivity contribution in [2.24, 2.45) is 11.8 Å². The minimum atomic E-state index is -3.44. The van der Waals surface area contributed by atoms with Crippen LogP contribution in [0, 0.1) is 11.8 Å². The Labute approximate surface area is 163 Å². The first-order valence-corrected chi connectivity index (χ1v) is 11.5. The summed E-state index contributed by atoms with van der Waals surface area (Å²) in [7, 11) is -3.44. The number of quaternary nitrogens is 1. The largest absolute Gasteiger partial charge is 0.327 e. The van der Waals surface area contributed by atoms with Gasteiger partial charge < -0.3 is 10.2 Å². The van der Waals surface area contributed by atoms with Crippen LogP contribution in [0.4, 0.5) is 5.69 Å². The molecule has 2 fully saturated rings. The topological polar surface area (TPSA) is 70.9 Å². The number of piperidine rings is 2. The van der Waals surface area contributed by atoms with Crippen molar-refractivity contribution in [1.29, 1.82) is 0 Å². The van der Waals surface area contributed by atoms with Gasteiger partial charge in [0.15, 0.2) is 6.54 Å². The summed E-state index contributed by atoms with van der Waals surface area (Å²) < 4.78 is 27.1. The van der Waals surface area contributed by atoms with Gasteiger partial charge in [0.1, 0.15) is 0 Å². The molecule has 150 valence electrons. The molecule has 1 aromatic carbocycles. The van der Waals surface area contributed by atoms with Crippen molar-refractivity contribution in [2.75, 3.05) is 38.0 Å². The molecule has 1 aromatic rings. The molecule has 27 heavy (non-hydrogen) atoms. The van der Waals surface area contributed by atoms with E-state index in [1.807, 2.05) is 0 Å². The zero-order chi connectivity index (χ0) is 19.4. The van der Waals surface area contributed by atoms with Crippen LogP contribution in [0.5, 0.6) is 0 Å². The smallest absolute Gasteiger partial charge is 0.279 e. The maximum Gasteiger partial charge on any atom is 0.279 e. The molecule has 0 bridgehead atoms. The number of amides is 1. The van der Waals surface area contributed by atoms with E-state index in [9.17, 15) is 13.2 Å². The van der Waals surface area contributed by atoms with E-state index in [1.54, 1.807) is 28.6 Å². The highest BCUT2D eigenvalue weighted by Crippen LogP contribution is 2.24. The summed E-state index contributed by atoms with van der Waals surface area (Å²) in [5, 5.41) is 2.90. The normalized spacial score (nSPS) is 25.3. The van der Waals surface area contributed by atoms with E-state index in [-0.39, 0.29) is 5.91 Å². The lowest BCUT2D eigenvalue weighted by Gasteiger charge is -2.29. The minimum absolute atomic E-state index is 0.0141. The Balaban J connectivity index is 1.57. The Morgan fingerprint density at radius 2 is 1.78 bits per heavy atom. The molecule has 0 spiro atoms. The van der Waals surface area contributed by atoms with Gasteiger partial charge in [0, 0.05) is 24.7 Å². The quantitative estimate of drug-likeness (QED) is 0.792. The number of carbonyl (C=O) groups is 1. The van der Waals surface area contributed by atoms with Gasteiger partial charge >= 0.3 is 0 Å². The number of likely N-dealkylation sites (tertiary alicyclic amines) is 1. The number of rotatable bonds is 5. The van der Waals surface area contributed by atoms with E-state index in [1.165, 1.54) is 17.7 Å². The van der Waals surface area contributed by atoms with Gasteiger partial charge in [0.25, 0.3) is 5.91 Å². The second kappa shape index (κ2) is 8.71. The van der Waals surface area contributed by atoms with E-state index in [4.69, 9.17) is 0 Å². The number of benzene rings is 1. The monoisotopic (exact) mass is 394 g/mol. The van der Waals surface area contributed by atoms with Gasteiger partial charge in [-0.1, -0.05) is 13.8 Å². The maximum absolute atomic E-state index is 12.8. The molecule has 0 radical (unpaired) electrons. The van der Waals surface area contributed by atoms with Gasteiger partial charge in [0.05, 0.1) is 18.0 Å². The van der Waals surface area contributed by atoms with Gasteiger partial charge in [-0.05, 0) is 55.9 Å². The van der Waals surface area contributed by atoms with Crippen LogP contribution in [0.3, 0.4) is 0 Å². The third-order valence-electron chi connectivity index (χ3n) is 5.79. The molecular formula is C20H32N3O3S+. The predicted molar refractivity (Wildman–Crippen MR) is 106 cm³/mol. The molecule has 2 heterocycles. The highest BCUT2D eigenvalue weighted by molar-refractivity contribution is 7.89. The molecule has 1 amide bonds. The summed E-state index contributed by atoms with van der Waals surface area (Å²) >= 11 is 0. The lowest BCUT2D eigenvalue weighted by atomic mass is 10.0. The van der Waals surface area contributed by atoms with Crippen LogP contribution >= 0.6 is 0 Å². The molecule has 2 saturated heterocycles. The van der Waals surface area contributed by atoms with Crippen molar-refractivity contribution in [3.05, 3.63) is 24.3 Å². The van der Waals surface area contributed by atoms with Crippen LogP contribution in [0.1, 0.15) is 39.5 Å². The molecule has 0 saturated carbocycles. The van der Waals surface area contributed by atoms with Crippen molar-refractivity contribution in [1.82, 2.24) is 4.31 Å². The summed E-state index contributed by atoms with van der Waals surface area (Å²) in [5.74, 6) is 1.24. The Morgan fingerprint density at radius 1 is 1.11 bits per heavy atom. The van der Waals surface area contributed by atoms with Crippen molar-refractivity contribution < 1.29 is 18.1 Å². The first kappa shape index (κ1) is 20.3. The summed E-state index contributed by atoms with van der Waals surface area (Å²) in [6, 6.07) is 6.56. The van der Waals surface area contributed by atoms with Crippen molar-refractivity contribution in [2.45, 2.75) is 44.4 Å². The van der Waals surface area contributed by atoms with Crippen molar-refractivity contribution >= 4 is 21.6 Å². The average molecular weight is 395 g/mol. The molecule has 2 atom stereocenters. The average Bonchev–Trinajstić information content (AvgIpc) is 2.62. The number of sulfonamides is 1. The Bertz CT molecular complexity index is 740. The lowest BCUT2D eigenvalue weighted by molar-refractivity contribution is -0.900. The zero-order valence-electron chi connectivity index (χ0n) is 16.4. The number of nitrogens with one attached hydrogen (secondary N) is 2. The summed E-state index contributed by atoms with van der Waals surface area (Å²) in [4.78, 5) is 13.9. The van der Waals surface area contributed by atoms with E-state index >= 15 is 0 Å². The summed E-state index contributed by atoms with van der Waals surface area (Å²) in [5.41, 5.74) is 0.649. The van der Waals surface area contributed by atoms with Gasteiger partial charge in [0.2, 0.25) is 10.0 Å². The Hall–Kier alpha value is -1.44. The first-order valence-electron chi connectivity index (χ1n) is 10.1. The third-order valence-corrected chi connectivity index (χ3v) is 7.71. The number of hydrogen-bond donors (Lipinski definition) is 2. The van der Waals surface area contributed by atoms with Crippen LogP contribution < -0.4 is 10.2 Å². The number of carbonyl (C=O) groups excluding carboxylic acids is 1. The van der Waals surface area contributed by atoms with Crippen LogP contribution in [-0.4, -0.2) is 51.4 Å². The van der Waals surface area contributed by atoms with E-state index in [2.05, 4.69) is 19.2 Å². The molecule has 1 unspecified atom stereocenters. The SMILES string of the molecule is CC1CCN(S(=O)(=O)c2ccc(NC(=O)C[NH+]3CCC[C@@H](C)C3)cc2)CC1. The van der Waals surface area contributed by atoms with E-state index < -0.39 is 10.0 Å². The fourth-order valence-corrected chi connectivity index (χ4v) is 5.54. The highest BCUT2D eigenvalue weighted by Gasteiger charge is 2.28. The standard InChI is InChI=1S/C20H31N3O3S/c1-16-9-12-23(13-10-16)27(25,26)19-7-5-18(6-8-19)21-20(24)15-22-11-3-4-17(2)14-22/h5-8,16-17H,3-4,9-15H2,1-2H3,(H,21,24)/p+1/t17-/m1/s1. The molecule has 2 N–H and O–H groups in total. The van der Waals surface area contributed by atoms with E-state index in [0.717, 1.165) is 25.9 Å². The maximum atomic E-state index is 12.8.